The van der Waals surface area contributed by atoms with Gasteiger partial charge in [0.2, 0.25) is 11.9 Å². The number of nitrogens with two attached hydrogens (primary N) is 1. The van der Waals surface area contributed by atoms with Crippen LogP contribution in [0.1, 0.15) is 5.56 Å². The molecular formula is C16H17FN8O3. The minimum Gasteiger partial charge on any atom is -0.444 e. The number of rotatable bonds is 4. The molecule has 0 spiro atoms. The second-order valence-corrected chi connectivity index (χ2v) is 5.79. The maximum absolute atomic E-state index is 14.7. The van der Waals surface area contributed by atoms with Crippen molar-refractivity contribution in [1.29, 1.82) is 5.41 Å². The van der Waals surface area contributed by atoms with E-state index in [1.807, 2.05) is 5.32 Å². The number of piperazine rings is 1. The Kier molecular flexibility index (Phi) is 5.58. The van der Waals surface area contributed by atoms with Gasteiger partial charge in [0.1, 0.15) is 12.3 Å². The number of nitrogens with zero attached hydrogens (tertiary/aromatic N) is 4. The van der Waals surface area contributed by atoms with Crippen LogP contribution < -0.4 is 21.3 Å². The van der Waals surface area contributed by atoms with Crippen molar-refractivity contribution in [3.8, 4) is 11.3 Å². The molecule has 3 heterocycles. The lowest BCUT2D eigenvalue weighted by Crippen LogP contribution is -2.48. The summed E-state index contributed by atoms with van der Waals surface area (Å²) in [5, 5.41) is 11.6. The molecule has 0 atom stereocenters. The summed E-state index contributed by atoms with van der Waals surface area (Å²) in [5.74, 6) is -1.02. The van der Waals surface area contributed by atoms with Gasteiger partial charge in [0.25, 0.3) is 0 Å². The molecule has 2 amide bonds. The number of carbonyl (C=O) groups excluding carboxylic acids is 2. The number of ether oxygens (including phenoxy) is 1. The van der Waals surface area contributed by atoms with Crippen LogP contribution in [0.15, 0.2) is 24.7 Å². The van der Waals surface area contributed by atoms with Gasteiger partial charge in [0.15, 0.2) is 11.8 Å². The van der Waals surface area contributed by atoms with Crippen LogP contribution in [-0.4, -0.2) is 52.5 Å². The molecule has 1 aliphatic rings. The molecule has 0 unspecified atom stereocenters. The number of anilines is 1. The fourth-order valence-corrected chi connectivity index (χ4v) is 2.50. The van der Waals surface area contributed by atoms with Gasteiger partial charge in [-0.2, -0.15) is 0 Å². The summed E-state index contributed by atoms with van der Waals surface area (Å²) in [6, 6.07) is 1.36. The number of amides is 2. The average Bonchev–Trinajstić information content (AvgIpc) is 2.67. The van der Waals surface area contributed by atoms with Gasteiger partial charge in [-0.15, -0.1) is 0 Å². The molecule has 28 heavy (non-hydrogen) atoms. The van der Waals surface area contributed by atoms with E-state index in [9.17, 15) is 14.0 Å². The lowest BCUT2D eigenvalue weighted by Gasteiger charge is -2.26. The van der Waals surface area contributed by atoms with E-state index >= 15 is 0 Å². The molecule has 146 valence electrons. The van der Waals surface area contributed by atoms with E-state index in [1.54, 1.807) is 4.90 Å². The SMILES string of the molecule is N=C(N)NC(=O)OCc1ccnc(-c2cnc(N3CCNC(=O)C3)nc2)c1F. The molecule has 1 saturated heterocycles. The molecule has 0 aliphatic carbocycles. The third-order valence-corrected chi connectivity index (χ3v) is 3.80. The highest BCUT2D eigenvalue weighted by Gasteiger charge is 2.19. The molecule has 2 aromatic rings. The number of hydrogen-bond acceptors (Lipinski definition) is 8. The van der Waals surface area contributed by atoms with Gasteiger partial charge >= 0.3 is 6.09 Å². The third kappa shape index (κ3) is 4.47. The van der Waals surface area contributed by atoms with Gasteiger partial charge in [-0.25, -0.2) is 19.2 Å². The number of alkyl carbamates (subject to hydrolysis) is 1. The molecule has 0 saturated carbocycles. The van der Waals surface area contributed by atoms with Crippen LogP contribution in [0, 0.1) is 11.2 Å². The number of hydrogen-bond donors (Lipinski definition) is 4. The predicted octanol–water partition coefficient (Wildman–Crippen LogP) is -0.266. The Morgan fingerprint density at radius 1 is 1.39 bits per heavy atom. The predicted molar refractivity (Wildman–Crippen MR) is 95.7 cm³/mol. The Labute approximate surface area is 158 Å². The zero-order valence-electron chi connectivity index (χ0n) is 14.6. The highest BCUT2D eigenvalue weighted by molar-refractivity contribution is 5.90. The summed E-state index contributed by atoms with van der Waals surface area (Å²) < 4.78 is 19.5. The number of aromatic nitrogens is 3. The van der Waals surface area contributed by atoms with Crippen molar-refractivity contribution in [2.45, 2.75) is 6.61 Å². The first-order chi connectivity index (χ1) is 13.4. The number of pyridine rings is 1. The summed E-state index contributed by atoms with van der Waals surface area (Å²) in [6.45, 7) is 0.857. The molecule has 12 heteroatoms. The molecule has 0 aromatic carbocycles. The van der Waals surface area contributed by atoms with Crippen LogP contribution in [0.5, 0.6) is 0 Å². The topological polar surface area (TPSA) is 159 Å². The van der Waals surface area contributed by atoms with Gasteiger partial charge in [-0.05, 0) is 6.07 Å². The van der Waals surface area contributed by atoms with Crippen molar-refractivity contribution in [2.24, 2.45) is 5.73 Å². The summed E-state index contributed by atoms with van der Waals surface area (Å²) in [7, 11) is 0. The Morgan fingerprint density at radius 3 is 2.82 bits per heavy atom. The third-order valence-electron chi connectivity index (χ3n) is 3.80. The zero-order valence-corrected chi connectivity index (χ0v) is 14.6. The minimum atomic E-state index is -0.969. The lowest BCUT2D eigenvalue weighted by molar-refractivity contribution is -0.120. The van der Waals surface area contributed by atoms with Gasteiger partial charge in [0.05, 0.1) is 6.54 Å². The largest absolute Gasteiger partial charge is 0.444 e. The number of guanidine groups is 1. The van der Waals surface area contributed by atoms with E-state index in [-0.39, 0.29) is 30.3 Å². The Morgan fingerprint density at radius 2 is 2.14 bits per heavy atom. The lowest BCUT2D eigenvalue weighted by atomic mass is 10.1. The maximum Gasteiger partial charge on any atom is 0.414 e. The van der Waals surface area contributed by atoms with Gasteiger partial charge in [-0.1, -0.05) is 0 Å². The summed E-state index contributed by atoms with van der Waals surface area (Å²) in [5.41, 5.74) is 5.43. The van der Waals surface area contributed by atoms with Crippen molar-refractivity contribution in [3.63, 3.8) is 0 Å². The van der Waals surface area contributed by atoms with Gasteiger partial charge in [-0.3, -0.25) is 20.5 Å². The zero-order chi connectivity index (χ0) is 20.1. The van der Waals surface area contributed by atoms with Crippen LogP contribution >= 0.6 is 0 Å². The summed E-state index contributed by atoms with van der Waals surface area (Å²) in [4.78, 5) is 36.9. The normalized spacial score (nSPS) is 13.6. The van der Waals surface area contributed by atoms with Crippen molar-refractivity contribution >= 4 is 23.9 Å². The fourth-order valence-electron chi connectivity index (χ4n) is 2.50. The van der Waals surface area contributed by atoms with Crippen LogP contribution in [0.2, 0.25) is 0 Å². The molecule has 3 rings (SSSR count). The van der Waals surface area contributed by atoms with E-state index in [4.69, 9.17) is 15.9 Å². The van der Waals surface area contributed by atoms with Crippen LogP contribution in [-0.2, 0) is 16.1 Å². The Hall–Kier alpha value is -3.83. The smallest absolute Gasteiger partial charge is 0.414 e. The fraction of sp³-hybridized carbons (Fsp3) is 0.250. The first-order valence-corrected chi connectivity index (χ1v) is 8.19. The maximum atomic E-state index is 14.7. The number of halogens is 1. The molecule has 5 N–H and O–H groups in total. The standard InChI is InChI=1S/C16H17FN8O3/c17-12-9(8-28-16(27)24-14(18)19)1-2-21-13(12)10-5-22-15(23-6-10)25-4-3-20-11(26)7-25/h1-2,5-6H,3-4,7-8H2,(H,20,26)(H4,18,19,24,27). The van der Waals surface area contributed by atoms with Crippen molar-refractivity contribution in [2.75, 3.05) is 24.5 Å². The van der Waals surface area contributed by atoms with Crippen molar-refractivity contribution in [3.05, 3.63) is 36.0 Å². The van der Waals surface area contributed by atoms with Gasteiger partial charge < -0.3 is 20.7 Å². The van der Waals surface area contributed by atoms with E-state index in [2.05, 4.69) is 20.3 Å². The molecule has 1 fully saturated rings. The highest BCUT2D eigenvalue weighted by atomic mass is 19.1. The Bertz CT molecular complexity index is 905. The van der Waals surface area contributed by atoms with E-state index in [0.29, 0.717) is 24.6 Å². The molecule has 1 aliphatic heterocycles. The Balaban J connectivity index is 1.73. The van der Waals surface area contributed by atoms with Crippen molar-refractivity contribution in [1.82, 2.24) is 25.6 Å². The average molecular weight is 388 g/mol. The van der Waals surface area contributed by atoms with E-state index in [1.165, 1.54) is 24.7 Å². The van der Waals surface area contributed by atoms with Crippen LogP contribution in [0.25, 0.3) is 11.3 Å². The molecule has 11 nitrogen and oxygen atoms in total. The second kappa shape index (κ2) is 8.24. The minimum absolute atomic E-state index is 0.00369. The monoisotopic (exact) mass is 388 g/mol. The van der Waals surface area contributed by atoms with Crippen molar-refractivity contribution < 1.29 is 18.7 Å². The second-order valence-electron chi connectivity index (χ2n) is 5.79. The van der Waals surface area contributed by atoms with Gasteiger partial charge in [0, 0.05) is 42.8 Å². The highest BCUT2D eigenvalue weighted by Crippen LogP contribution is 2.23. The van der Waals surface area contributed by atoms with E-state index in [0.717, 1.165) is 0 Å². The molecule has 0 bridgehead atoms. The van der Waals surface area contributed by atoms with Crippen LogP contribution in [0.3, 0.4) is 0 Å². The number of nitrogens with one attached hydrogen (secondary N) is 3. The molecular weight excluding hydrogens is 371 g/mol. The number of carbonyl (C=O) groups is 2. The molecule has 0 radical (unpaired) electrons. The summed E-state index contributed by atoms with van der Waals surface area (Å²) >= 11 is 0. The van der Waals surface area contributed by atoms with Crippen LogP contribution in [0.4, 0.5) is 15.1 Å². The van der Waals surface area contributed by atoms with E-state index < -0.39 is 17.9 Å². The first-order valence-electron chi connectivity index (χ1n) is 8.19. The quantitative estimate of drug-likeness (QED) is 0.411. The first kappa shape index (κ1) is 18.9. The summed E-state index contributed by atoms with van der Waals surface area (Å²) in [6.07, 6.45) is 3.22. The molecule has 2 aromatic heterocycles.